The Morgan fingerprint density at radius 2 is 2.05 bits per heavy atom. The van der Waals surface area contributed by atoms with Crippen molar-refractivity contribution in [2.45, 2.75) is 52.2 Å². The maximum absolute atomic E-state index is 12.8. The van der Waals surface area contributed by atoms with Crippen LogP contribution in [0, 0.1) is 5.92 Å². The largest absolute Gasteiger partial charge is 0.342 e. The summed E-state index contributed by atoms with van der Waals surface area (Å²) >= 11 is 1.50. The first-order valence-corrected chi connectivity index (χ1v) is 7.68. The zero-order valence-electron chi connectivity index (χ0n) is 12.5. The molecule has 1 fully saturated rings. The Hall–Kier alpha value is -1.43. The predicted molar refractivity (Wildman–Crippen MR) is 78.2 cm³/mol. The quantitative estimate of drug-likeness (QED) is 0.924. The Morgan fingerprint density at radius 3 is 2.55 bits per heavy atom. The monoisotopic (exact) mass is 295 g/mol. The fraction of sp³-hybridized carbons (Fsp3) is 0.643. The number of rotatable bonds is 3. The summed E-state index contributed by atoms with van der Waals surface area (Å²) in [5.41, 5.74) is -0.588. The van der Waals surface area contributed by atoms with E-state index in [9.17, 15) is 9.59 Å². The van der Waals surface area contributed by atoms with Crippen molar-refractivity contribution in [1.82, 2.24) is 15.2 Å². The van der Waals surface area contributed by atoms with E-state index >= 15 is 0 Å². The summed E-state index contributed by atoms with van der Waals surface area (Å²) in [7, 11) is 0. The Morgan fingerprint density at radius 1 is 1.40 bits per heavy atom. The van der Waals surface area contributed by atoms with E-state index < -0.39 is 17.6 Å². The van der Waals surface area contributed by atoms with E-state index in [1.165, 1.54) is 11.3 Å². The predicted octanol–water partition coefficient (Wildman–Crippen LogP) is 1.75. The number of carbonyl (C=O) groups is 2. The van der Waals surface area contributed by atoms with Gasteiger partial charge in [0.25, 0.3) is 0 Å². The average Bonchev–Trinajstić information content (AvgIpc) is 2.87. The molecule has 110 valence electrons. The van der Waals surface area contributed by atoms with Gasteiger partial charge in [0.1, 0.15) is 17.1 Å². The van der Waals surface area contributed by atoms with Crippen molar-refractivity contribution in [1.29, 1.82) is 0 Å². The molecule has 1 aromatic heterocycles. The second-order valence-electron chi connectivity index (χ2n) is 6.01. The Labute approximate surface area is 123 Å². The molecule has 1 N–H and O–H groups in total. The lowest BCUT2D eigenvalue weighted by molar-refractivity contribution is -0.156. The molecule has 6 heteroatoms. The third-order valence-corrected chi connectivity index (χ3v) is 4.88. The zero-order chi connectivity index (χ0) is 15.1. The van der Waals surface area contributed by atoms with Gasteiger partial charge in [-0.3, -0.25) is 9.59 Å². The highest BCUT2D eigenvalue weighted by Gasteiger charge is 2.47. The minimum Gasteiger partial charge on any atom is -0.342 e. The Bertz CT molecular complexity index is 510. The van der Waals surface area contributed by atoms with Crippen LogP contribution in [0.25, 0.3) is 0 Å². The van der Waals surface area contributed by atoms with Crippen LogP contribution in [-0.4, -0.2) is 33.8 Å². The van der Waals surface area contributed by atoms with E-state index in [0.717, 1.165) is 5.01 Å². The maximum Gasteiger partial charge on any atom is 0.246 e. The van der Waals surface area contributed by atoms with Gasteiger partial charge in [-0.15, -0.1) is 11.3 Å². The van der Waals surface area contributed by atoms with Crippen molar-refractivity contribution in [2.24, 2.45) is 5.92 Å². The van der Waals surface area contributed by atoms with Crippen LogP contribution < -0.4 is 5.32 Å². The van der Waals surface area contributed by atoms with Crippen LogP contribution in [0.15, 0.2) is 11.6 Å². The van der Waals surface area contributed by atoms with Gasteiger partial charge >= 0.3 is 0 Å². The first-order chi connectivity index (χ1) is 9.26. The molecule has 1 aliphatic rings. The molecule has 2 heterocycles. The highest BCUT2D eigenvalue weighted by Crippen LogP contribution is 2.33. The van der Waals surface area contributed by atoms with Gasteiger partial charge in [-0.05, 0) is 26.7 Å². The summed E-state index contributed by atoms with van der Waals surface area (Å²) in [5.74, 6) is -0.0752. The number of carbonyl (C=O) groups excluding carboxylic acids is 2. The van der Waals surface area contributed by atoms with Crippen molar-refractivity contribution in [2.75, 3.05) is 0 Å². The number of aromatic nitrogens is 1. The van der Waals surface area contributed by atoms with E-state index in [4.69, 9.17) is 0 Å². The van der Waals surface area contributed by atoms with Gasteiger partial charge < -0.3 is 10.2 Å². The molecule has 0 bridgehead atoms. The molecule has 2 amide bonds. The number of thiazole rings is 1. The minimum absolute atomic E-state index is 0.0349. The third kappa shape index (κ3) is 2.32. The second kappa shape index (κ2) is 5.16. The van der Waals surface area contributed by atoms with Gasteiger partial charge in [-0.2, -0.15) is 0 Å². The Balaban J connectivity index is 2.41. The molecule has 1 saturated heterocycles. The van der Waals surface area contributed by atoms with Crippen molar-refractivity contribution < 1.29 is 9.59 Å². The highest BCUT2D eigenvalue weighted by molar-refractivity contribution is 7.09. The second-order valence-corrected chi connectivity index (χ2v) is 6.91. The van der Waals surface area contributed by atoms with E-state index in [-0.39, 0.29) is 17.7 Å². The molecule has 5 nitrogen and oxygen atoms in total. The van der Waals surface area contributed by atoms with Crippen LogP contribution in [0.2, 0.25) is 0 Å². The first kappa shape index (κ1) is 15.0. The smallest absolute Gasteiger partial charge is 0.246 e. The third-order valence-electron chi connectivity index (χ3n) is 3.79. The van der Waals surface area contributed by atoms with Crippen LogP contribution in [0.1, 0.15) is 39.6 Å². The van der Waals surface area contributed by atoms with Crippen LogP contribution in [0.3, 0.4) is 0 Å². The molecule has 1 aromatic rings. The number of piperazine rings is 1. The van der Waals surface area contributed by atoms with Gasteiger partial charge in [0.2, 0.25) is 11.8 Å². The molecular weight excluding hydrogens is 274 g/mol. The van der Waals surface area contributed by atoms with Gasteiger partial charge in [-0.25, -0.2) is 4.98 Å². The molecule has 0 radical (unpaired) electrons. The molecule has 2 rings (SSSR count). The van der Waals surface area contributed by atoms with Crippen LogP contribution in [0.4, 0.5) is 0 Å². The first-order valence-electron chi connectivity index (χ1n) is 6.80. The van der Waals surface area contributed by atoms with E-state index in [2.05, 4.69) is 10.3 Å². The average molecular weight is 295 g/mol. The Kier molecular flexibility index (Phi) is 3.86. The molecular formula is C14H21N3O2S. The zero-order valence-corrected chi connectivity index (χ0v) is 13.3. The fourth-order valence-corrected chi connectivity index (χ4v) is 3.39. The molecule has 2 atom stereocenters. The molecule has 0 saturated carbocycles. The van der Waals surface area contributed by atoms with E-state index in [0.29, 0.717) is 0 Å². The topological polar surface area (TPSA) is 62.3 Å². The van der Waals surface area contributed by atoms with Gasteiger partial charge in [0, 0.05) is 11.6 Å². The molecule has 1 aliphatic heterocycles. The van der Waals surface area contributed by atoms with Gasteiger partial charge in [0.05, 0.1) is 5.54 Å². The lowest BCUT2D eigenvalue weighted by Gasteiger charge is -2.46. The fourth-order valence-electron chi connectivity index (χ4n) is 2.63. The summed E-state index contributed by atoms with van der Waals surface area (Å²) in [4.78, 5) is 30.9. The maximum atomic E-state index is 12.8. The van der Waals surface area contributed by atoms with E-state index in [1.54, 1.807) is 18.0 Å². The minimum atomic E-state index is -0.588. The summed E-state index contributed by atoms with van der Waals surface area (Å²) in [6.07, 6.45) is 1.72. The van der Waals surface area contributed by atoms with Crippen molar-refractivity contribution in [3.8, 4) is 0 Å². The number of hydrogen-bond donors (Lipinski definition) is 1. The molecule has 0 aliphatic carbocycles. The standard InChI is InChI=1S/C14H21N3O2S/c1-8(2)10-12(19)17(9(3)11(18)16-10)14(4,5)13-15-6-7-20-13/h6-10H,1-5H3,(H,16,18). The molecule has 2 unspecified atom stereocenters. The SMILES string of the molecule is CC(C)C1NC(=O)C(C)N(C(C)(C)c2nccs2)C1=O. The summed E-state index contributed by atoms with van der Waals surface area (Å²) in [5, 5.41) is 5.54. The lowest BCUT2D eigenvalue weighted by atomic mass is 9.92. The lowest BCUT2D eigenvalue weighted by Crippen LogP contribution is -2.67. The van der Waals surface area contributed by atoms with Crippen molar-refractivity contribution >= 4 is 23.2 Å². The molecule has 0 spiro atoms. The normalized spacial score (nSPS) is 24.2. The molecule has 0 aromatic carbocycles. The summed E-state index contributed by atoms with van der Waals surface area (Å²) in [6.45, 7) is 9.52. The van der Waals surface area contributed by atoms with Gasteiger partial charge in [-0.1, -0.05) is 13.8 Å². The summed E-state index contributed by atoms with van der Waals surface area (Å²) in [6, 6.07) is -0.950. The summed E-state index contributed by atoms with van der Waals surface area (Å²) < 4.78 is 0. The number of hydrogen-bond acceptors (Lipinski definition) is 4. The van der Waals surface area contributed by atoms with Gasteiger partial charge in [0.15, 0.2) is 0 Å². The highest BCUT2D eigenvalue weighted by atomic mass is 32.1. The number of nitrogens with one attached hydrogen (secondary N) is 1. The van der Waals surface area contributed by atoms with Crippen LogP contribution in [-0.2, 0) is 15.1 Å². The molecule has 20 heavy (non-hydrogen) atoms. The van der Waals surface area contributed by atoms with Crippen molar-refractivity contribution in [3.63, 3.8) is 0 Å². The van der Waals surface area contributed by atoms with Crippen molar-refractivity contribution in [3.05, 3.63) is 16.6 Å². The number of nitrogens with zero attached hydrogens (tertiary/aromatic N) is 2. The van der Waals surface area contributed by atoms with E-state index in [1.807, 2.05) is 33.1 Å². The number of amides is 2. The van der Waals surface area contributed by atoms with Crippen LogP contribution >= 0.6 is 11.3 Å². The van der Waals surface area contributed by atoms with Crippen LogP contribution in [0.5, 0.6) is 0 Å².